The minimum Gasteiger partial charge on any atom is -0.459 e. The first kappa shape index (κ1) is 14.5. The first-order valence-corrected chi connectivity index (χ1v) is 7.38. The Hall–Kier alpha value is -0.870. The van der Waals surface area contributed by atoms with E-state index in [2.05, 4.69) is 6.92 Å². The SMILES string of the molecule is CCCCCC1CC(CC2CC=CC(=O)O2)OCO1. The molecule has 2 heterocycles. The van der Waals surface area contributed by atoms with Crippen LogP contribution in [0.15, 0.2) is 12.2 Å². The van der Waals surface area contributed by atoms with Crippen molar-refractivity contribution in [3.05, 3.63) is 12.2 Å². The van der Waals surface area contributed by atoms with Gasteiger partial charge in [0.25, 0.3) is 0 Å². The smallest absolute Gasteiger partial charge is 0.330 e. The first-order valence-electron chi connectivity index (χ1n) is 7.38. The van der Waals surface area contributed by atoms with Gasteiger partial charge in [0, 0.05) is 25.3 Å². The molecule has 1 saturated heterocycles. The monoisotopic (exact) mass is 268 g/mol. The predicted molar refractivity (Wildman–Crippen MR) is 71.6 cm³/mol. The summed E-state index contributed by atoms with van der Waals surface area (Å²) in [6.07, 6.45) is 11.1. The zero-order valence-electron chi connectivity index (χ0n) is 11.7. The van der Waals surface area contributed by atoms with Crippen molar-refractivity contribution >= 4 is 5.97 Å². The molecule has 4 nitrogen and oxygen atoms in total. The molecule has 2 aliphatic heterocycles. The number of rotatable bonds is 6. The number of carbonyl (C=O) groups is 1. The van der Waals surface area contributed by atoms with Crippen molar-refractivity contribution in [2.45, 2.75) is 70.2 Å². The van der Waals surface area contributed by atoms with Gasteiger partial charge in [-0.2, -0.15) is 0 Å². The lowest BCUT2D eigenvalue weighted by molar-refractivity contribution is -0.186. The van der Waals surface area contributed by atoms with Crippen molar-refractivity contribution < 1.29 is 19.0 Å². The van der Waals surface area contributed by atoms with Gasteiger partial charge in [0.05, 0.1) is 12.2 Å². The summed E-state index contributed by atoms with van der Waals surface area (Å²) in [5.74, 6) is -0.234. The highest BCUT2D eigenvalue weighted by Crippen LogP contribution is 2.24. The number of hydrogen-bond acceptors (Lipinski definition) is 4. The van der Waals surface area contributed by atoms with Gasteiger partial charge in [0.1, 0.15) is 12.9 Å². The van der Waals surface area contributed by atoms with E-state index in [-0.39, 0.29) is 18.2 Å². The molecule has 0 spiro atoms. The van der Waals surface area contributed by atoms with Crippen LogP contribution in [-0.4, -0.2) is 31.1 Å². The highest BCUT2D eigenvalue weighted by molar-refractivity contribution is 5.82. The molecule has 3 atom stereocenters. The molecule has 0 aromatic carbocycles. The molecule has 0 aromatic heterocycles. The van der Waals surface area contributed by atoms with Crippen LogP contribution in [-0.2, 0) is 19.0 Å². The summed E-state index contributed by atoms with van der Waals surface area (Å²) >= 11 is 0. The topological polar surface area (TPSA) is 44.8 Å². The van der Waals surface area contributed by atoms with E-state index in [1.165, 1.54) is 25.3 Å². The third-order valence-electron chi connectivity index (χ3n) is 3.72. The molecule has 2 aliphatic rings. The Bertz CT molecular complexity index is 313. The van der Waals surface area contributed by atoms with E-state index >= 15 is 0 Å². The van der Waals surface area contributed by atoms with Gasteiger partial charge in [-0.05, 0) is 6.42 Å². The number of esters is 1. The summed E-state index contributed by atoms with van der Waals surface area (Å²) in [5, 5.41) is 0. The number of carbonyl (C=O) groups excluding carboxylic acids is 1. The lowest BCUT2D eigenvalue weighted by Crippen LogP contribution is -2.35. The molecule has 108 valence electrons. The number of ether oxygens (including phenoxy) is 3. The van der Waals surface area contributed by atoms with Crippen molar-refractivity contribution in [3.63, 3.8) is 0 Å². The lowest BCUT2D eigenvalue weighted by Gasteiger charge is -2.32. The average molecular weight is 268 g/mol. The Morgan fingerprint density at radius 3 is 2.84 bits per heavy atom. The van der Waals surface area contributed by atoms with Crippen molar-refractivity contribution in [1.29, 1.82) is 0 Å². The second-order valence-corrected chi connectivity index (χ2v) is 5.36. The molecule has 0 aliphatic carbocycles. The first-order chi connectivity index (χ1) is 9.28. The highest BCUT2D eigenvalue weighted by Gasteiger charge is 2.27. The molecule has 1 fully saturated rings. The van der Waals surface area contributed by atoms with Gasteiger partial charge < -0.3 is 14.2 Å². The van der Waals surface area contributed by atoms with Crippen molar-refractivity contribution in [3.8, 4) is 0 Å². The summed E-state index contributed by atoms with van der Waals surface area (Å²) in [6.45, 7) is 2.58. The van der Waals surface area contributed by atoms with Crippen LogP contribution in [0.4, 0.5) is 0 Å². The molecule has 0 radical (unpaired) electrons. The summed E-state index contributed by atoms with van der Waals surface area (Å²) in [6, 6.07) is 0. The van der Waals surface area contributed by atoms with Gasteiger partial charge in [-0.15, -0.1) is 0 Å². The van der Waals surface area contributed by atoms with Crippen LogP contribution in [0.25, 0.3) is 0 Å². The average Bonchev–Trinajstić information content (AvgIpc) is 2.39. The molecule has 0 aromatic rings. The predicted octanol–water partition coefficient (Wildman–Crippen LogP) is 2.96. The van der Waals surface area contributed by atoms with E-state index in [0.29, 0.717) is 12.9 Å². The van der Waals surface area contributed by atoms with Gasteiger partial charge in [-0.25, -0.2) is 4.79 Å². The van der Waals surface area contributed by atoms with Gasteiger partial charge in [0.15, 0.2) is 0 Å². The lowest BCUT2D eigenvalue weighted by atomic mass is 9.98. The van der Waals surface area contributed by atoms with Crippen LogP contribution in [0.5, 0.6) is 0 Å². The summed E-state index contributed by atoms with van der Waals surface area (Å²) < 4.78 is 16.5. The highest BCUT2D eigenvalue weighted by atomic mass is 16.7. The molecule has 0 N–H and O–H groups in total. The third kappa shape index (κ3) is 4.96. The van der Waals surface area contributed by atoms with E-state index in [4.69, 9.17) is 14.2 Å². The van der Waals surface area contributed by atoms with Crippen LogP contribution in [0.3, 0.4) is 0 Å². The van der Waals surface area contributed by atoms with Crippen LogP contribution in [0, 0.1) is 0 Å². The standard InChI is InChI=1S/C15H24O4/c1-2-3-4-6-12-9-14(18-11-17-12)10-13-7-5-8-15(16)19-13/h5,8,12-14H,2-4,6-7,9-11H2,1H3. The number of unbranched alkanes of at least 4 members (excludes halogenated alkanes) is 2. The van der Waals surface area contributed by atoms with Gasteiger partial charge in [-0.3, -0.25) is 0 Å². The Morgan fingerprint density at radius 1 is 1.21 bits per heavy atom. The minimum atomic E-state index is -0.234. The number of hydrogen-bond donors (Lipinski definition) is 0. The van der Waals surface area contributed by atoms with Gasteiger partial charge >= 0.3 is 5.97 Å². The largest absolute Gasteiger partial charge is 0.459 e. The third-order valence-corrected chi connectivity index (χ3v) is 3.72. The Labute approximate surface area is 115 Å². The maximum Gasteiger partial charge on any atom is 0.330 e. The van der Waals surface area contributed by atoms with Gasteiger partial charge in [0.2, 0.25) is 0 Å². The van der Waals surface area contributed by atoms with Crippen LogP contribution in [0.1, 0.15) is 51.9 Å². The fourth-order valence-electron chi connectivity index (χ4n) is 2.65. The maximum absolute atomic E-state index is 11.2. The van der Waals surface area contributed by atoms with E-state index in [9.17, 15) is 4.79 Å². The molecule has 3 unspecified atom stereocenters. The summed E-state index contributed by atoms with van der Waals surface area (Å²) in [5.41, 5.74) is 0. The minimum absolute atomic E-state index is 0.0307. The second-order valence-electron chi connectivity index (χ2n) is 5.36. The Morgan fingerprint density at radius 2 is 2.05 bits per heavy atom. The fraction of sp³-hybridized carbons (Fsp3) is 0.800. The van der Waals surface area contributed by atoms with E-state index in [0.717, 1.165) is 25.7 Å². The molecule has 19 heavy (non-hydrogen) atoms. The molecule has 2 rings (SSSR count). The molecule has 0 amide bonds. The zero-order chi connectivity index (χ0) is 13.5. The number of cyclic esters (lactones) is 1. The van der Waals surface area contributed by atoms with E-state index in [1.807, 2.05) is 6.08 Å². The zero-order valence-corrected chi connectivity index (χ0v) is 11.7. The summed E-state index contributed by atoms with van der Waals surface area (Å²) in [7, 11) is 0. The Balaban J connectivity index is 1.71. The maximum atomic E-state index is 11.2. The van der Waals surface area contributed by atoms with Crippen molar-refractivity contribution in [2.75, 3.05) is 6.79 Å². The van der Waals surface area contributed by atoms with Crippen LogP contribution < -0.4 is 0 Å². The molecule has 0 saturated carbocycles. The van der Waals surface area contributed by atoms with E-state index in [1.54, 1.807) is 0 Å². The fourth-order valence-corrected chi connectivity index (χ4v) is 2.65. The van der Waals surface area contributed by atoms with E-state index < -0.39 is 0 Å². The van der Waals surface area contributed by atoms with Gasteiger partial charge in [-0.1, -0.05) is 32.3 Å². The second kappa shape index (κ2) is 7.65. The quantitative estimate of drug-likeness (QED) is 0.549. The normalized spacial score (nSPS) is 31.2. The summed E-state index contributed by atoms with van der Waals surface area (Å²) in [4.78, 5) is 11.2. The van der Waals surface area contributed by atoms with Crippen molar-refractivity contribution in [2.24, 2.45) is 0 Å². The molecule has 4 heteroatoms. The Kier molecular flexibility index (Phi) is 5.86. The van der Waals surface area contributed by atoms with Crippen LogP contribution >= 0.6 is 0 Å². The molecular formula is C15H24O4. The molecule has 0 bridgehead atoms. The van der Waals surface area contributed by atoms with Crippen LogP contribution in [0.2, 0.25) is 0 Å². The molecular weight excluding hydrogens is 244 g/mol. The van der Waals surface area contributed by atoms with Crippen molar-refractivity contribution in [1.82, 2.24) is 0 Å².